The molecular weight excluding hydrogens is 168 g/mol. The molecule has 0 fully saturated rings. The van der Waals surface area contributed by atoms with Crippen LogP contribution >= 0.6 is 0 Å². The van der Waals surface area contributed by atoms with Crippen LogP contribution in [-0.2, 0) is 0 Å². The van der Waals surface area contributed by atoms with Crippen molar-refractivity contribution in [1.82, 2.24) is 0 Å². The molecular formula is C14H19. The topological polar surface area (TPSA) is 0 Å². The van der Waals surface area contributed by atoms with Gasteiger partial charge in [0.05, 0.1) is 0 Å². The lowest BCUT2D eigenvalue weighted by atomic mass is 10.1. The third-order valence-electron chi connectivity index (χ3n) is 2.20. The third kappa shape index (κ3) is 6.47. The highest BCUT2D eigenvalue weighted by Gasteiger charge is 1.83. The minimum Gasteiger partial charge on any atom is -0.0885 e. The molecule has 0 saturated heterocycles. The molecule has 0 amide bonds. The maximum Gasteiger partial charge on any atom is -0.0187 e. The molecule has 1 aliphatic carbocycles. The van der Waals surface area contributed by atoms with E-state index in [2.05, 4.69) is 36.5 Å². The fraction of sp³-hybridized carbons (Fsp3) is 0.429. The molecule has 0 N–H and O–H groups in total. The van der Waals surface area contributed by atoms with Crippen molar-refractivity contribution in [2.75, 3.05) is 0 Å². The minimum absolute atomic E-state index is 1.14. The SMILES string of the molecule is [C]1=C/C=C\CC/C=C\CCCC\C=C/1. The lowest BCUT2D eigenvalue weighted by Crippen LogP contribution is -1.73. The summed E-state index contributed by atoms with van der Waals surface area (Å²) in [6.45, 7) is 0. The molecule has 1 rings (SSSR count). The van der Waals surface area contributed by atoms with Gasteiger partial charge in [-0.15, -0.1) is 0 Å². The van der Waals surface area contributed by atoms with Crippen molar-refractivity contribution in [2.24, 2.45) is 0 Å². The van der Waals surface area contributed by atoms with Gasteiger partial charge in [-0.2, -0.15) is 0 Å². The van der Waals surface area contributed by atoms with Crippen LogP contribution in [-0.4, -0.2) is 0 Å². The number of hydrogen-bond donors (Lipinski definition) is 0. The van der Waals surface area contributed by atoms with Crippen LogP contribution in [0.4, 0.5) is 0 Å². The van der Waals surface area contributed by atoms with E-state index < -0.39 is 0 Å². The van der Waals surface area contributed by atoms with Crippen molar-refractivity contribution in [3.63, 3.8) is 0 Å². The predicted molar refractivity (Wildman–Crippen MR) is 62.9 cm³/mol. The first-order valence-corrected chi connectivity index (χ1v) is 5.54. The third-order valence-corrected chi connectivity index (χ3v) is 2.20. The zero-order valence-corrected chi connectivity index (χ0v) is 8.78. The first-order valence-electron chi connectivity index (χ1n) is 5.54. The van der Waals surface area contributed by atoms with Crippen molar-refractivity contribution in [1.29, 1.82) is 0 Å². The smallest absolute Gasteiger partial charge is 0.0187 e. The minimum atomic E-state index is 1.14. The molecule has 0 spiro atoms. The Morgan fingerprint density at radius 1 is 0.714 bits per heavy atom. The number of hydrogen-bond acceptors (Lipinski definition) is 0. The zero-order chi connectivity index (χ0) is 9.90. The molecule has 0 unspecified atom stereocenters. The van der Waals surface area contributed by atoms with Crippen LogP contribution in [0.5, 0.6) is 0 Å². The summed E-state index contributed by atoms with van der Waals surface area (Å²) in [6, 6.07) is 0. The molecule has 0 aliphatic heterocycles. The number of rotatable bonds is 0. The summed E-state index contributed by atoms with van der Waals surface area (Å²) < 4.78 is 0. The van der Waals surface area contributed by atoms with Crippen molar-refractivity contribution < 1.29 is 0 Å². The fourth-order valence-electron chi connectivity index (χ4n) is 1.38. The maximum absolute atomic E-state index is 3.13. The summed E-state index contributed by atoms with van der Waals surface area (Å²) in [7, 11) is 0. The first kappa shape index (κ1) is 11.0. The van der Waals surface area contributed by atoms with E-state index in [4.69, 9.17) is 0 Å². The van der Waals surface area contributed by atoms with Gasteiger partial charge >= 0.3 is 0 Å². The fourth-order valence-corrected chi connectivity index (χ4v) is 1.38. The molecule has 0 heteroatoms. The van der Waals surface area contributed by atoms with Crippen LogP contribution in [0.2, 0.25) is 0 Å². The van der Waals surface area contributed by atoms with E-state index in [1.807, 2.05) is 12.2 Å². The maximum atomic E-state index is 3.13. The summed E-state index contributed by atoms with van der Waals surface area (Å²) in [4.78, 5) is 0. The van der Waals surface area contributed by atoms with Crippen LogP contribution in [0.1, 0.15) is 38.5 Å². The Morgan fingerprint density at radius 2 is 1.43 bits per heavy atom. The van der Waals surface area contributed by atoms with E-state index in [9.17, 15) is 0 Å². The van der Waals surface area contributed by atoms with Gasteiger partial charge in [0.1, 0.15) is 0 Å². The van der Waals surface area contributed by atoms with E-state index in [1.165, 1.54) is 32.1 Å². The van der Waals surface area contributed by atoms with Gasteiger partial charge in [-0.25, -0.2) is 0 Å². The Hall–Kier alpha value is -1.04. The standard InChI is InChI=1S/C14H19/c1-2-4-6-8-10-12-14-13-11-9-7-5-3-1/h1-3,7-10H,4,6,11-14H2/b2-1-,5-3?,9-7-,10-8-. The van der Waals surface area contributed by atoms with Crippen LogP contribution in [0, 0.1) is 6.08 Å². The molecule has 0 nitrogen and oxygen atoms in total. The average Bonchev–Trinajstić information content (AvgIpc) is 2.22. The van der Waals surface area contributed by atoms with Gasteiger partial charge in [0, 0.05) is 0 Å². The molecule has 1 aliphatic rings. The Labute approximate surface area is 87.7 Å². The highest BCUT2D eigenvalue weighted by Crippen LogP contribution is 2.03. The second kappa shape index (κ2) is 8.55. The normalized spacial score (nSPS) is 28.6. The summed E-state index contributed by atoms with van der Waals surface area (Å²) in [5.41, 5.74) is 0. The van der Waals surface area contributed by atoms with Gasteiger partial charge in [-0.1, -0.05) is 42.5 Å². The van der Waals surface area contributed by atoms with Gasteiger partial charge < -0.3 is 0 Å². The van der Waals surface area contributed by atoms with Crippen LogP contribution < -0.4 is 0 Å². The van der Waals surface area contributed by atoms with Gasteiger partial charge in [0.25, 0.3) is 0 Å². The molecule has 0 aromatic heterocycles. The van der Waals surface area contributed by atoms with Crippen molar-refractivity contribution in [3.8, 4) is 0 Å². The van der Waals surface area contributed by atoms with Crippen molar-refractivity contribution in [3.05, 3.63) is 48.6 Å². The summed E-state index contributed by atoms with van der Waals surface area (Å²) in [6.07, 6.45) is 25.5. The van der Waals surface area contributed by atoms with Crippen LogP contribution in [0.15, 0.2) is 42.5 Å². The van der Waals surface area contributed by atoms with Crippen LogP contribution in [0.25, 0.3) is 0 Å². The Morgan fingerprint density at radius 3 is 2.36 bits per heavy atom. The average molecular weight is 187 g/mol. The molecule has 0 bridgehead atoms. The second-order valence-electron chi connectivity index (χ2n) is 3.50. The molecule has 0 aromatic rings. The van der Waals surface area contributed by atoms with Crippen LogP contribution in [0.3, 0.4) is 0 Å². The lowest BCUT2D eigenvalue weighted by Gasteiger charge is -1.93. The summed E-state index contributed by atoms with van der Waals surface area (Å²) >= 11 is 0. The van der Waals surface area contributed by atoms with Crippen molar-refractivity contribution in [2.45, 2.75) is 38.5 Å². The molecule has 0 aromatic carbocycles. The van der Waals surface area contributed by atoms with E-state index in [0.717, 1.165) is 6.42 Å². The number of allylic oxidation sites excluding steroid dienone is 8. The van der Waals surface area contributed by atoms with E-state index in [-0.39, 0.29) is 0 Å². The second-order valence-corrected chi connectivity index (χ2v) is 3.50. The zero-order valence-electron chi connectivity index (χ0n) is 8.78. The van der Waals surface area contributed by atoms with Gasteiger partial charge in [-0.3, -0.25) is 0 Å². The molecule has 0 heterocycles. The lowest BCUT2D eigenvalue weighted by molar-refractivity contribution is 0.760. The highest BCUT2D eigenvalue weighted by molar-refractivity contribution is 5.06. The first-order chi connectivity index (χ1) is 7.00. The van der Waals surface area contributed by atoms with Gasteiger partial charge in [-0.05, 0) is 44.6 Å². The van der Waals surface area contributed by atoms with Gasteiger partial charge in [0.15, 0.2) is 0 Å². The quantitative estimate of drug-likeness (QED) is 0.494. The summed E-state index contributed by atoms with van der Waals surface area (Å²) in [5.74, 6) is 0. The van der Waals surface area contributed by atoms with E-state index in [0.29, 0.717) is 0 Å². The summed E-state index contributed by atoms with van der Waals surface area (Å²) in [5, 5.41) is 0. The molecule has 1 radical (unpaired) electrons. The molecule has 75 valence electrons. The largest absolute Gasteiger partial charge is 0.0885 e. The molecule has 14 heavy (non-hydrogen) atoms. The van der Waals surface area contributed by atoms with Crippen molar-refractivity contribution >= 4 is 0 Å². The Bertz CT molecular complexity index is 228. The Kier molecular flexibility index (Phi) is 6.74. The monoisotopic (exact) mass is 187 g/mol. The molecule has 0 atom stereocenters. The highest BCUT2D eigenvalue weighted by atomic mass is 13.9. The van der Waals surface area contributed by atoms with E-state index in [1.54, 1.807) is 0 Å². The predicted octanol–water partition coefficient (Wildman–Crippen LogP) is 4.37. The van der Waals surface area contributed by atoms with Gasteiger partial charge in [0.2, 0.25) is 0 Å². The Balaban J connectivity index is 2.35. The van der Waals surface area contributed by atoms with E-state index >= 15 is 0 Å². The molecule has 0 saturated carbocycles.